The second-order valence-corrected chi connectivity index (χ2v) is 14.5. The quantitative estimate of drug-likeness (QED) is 0.229. The van der Waals surface area contributed by atoms with Gasteiger partial charge >= 0.3 is 5.97 Å². The topological polar surface area (TPSA) is 116 Å². The standard InChI is InChI=1S/C37H53NO8/c1-21(2)14-25(6)33-26(7)31(38-42-8)19-36(46-33)18-29-17-28(45-36)13-12-23(4)15-22(3)10-9-11-27-20-43-34-32(39)24(5)16-30(35(40)44-29)37(27,34)41/h9-12,14,16,21-22,26,28-30,32-34,39,41H,13,15,17-20H2,1-8H3/b10-9+,23-12+,25-14+,27-11?,38-31+/t22-,26-,28+,29-,30-,32+,33+,34+,36-,37+/m0/s1. The number of carbonyl (C=O) groups is 1. The van der Waals surface area contributed by atoms with E-state index in [-0.39, 0.29) is 30.7 Å². The Morgan fingerprint density at radius 1 is 1.20 bits per heavy atom. The first-order valence-corrected chi connectivity index (χ1v) is 16.8. The lowest BCUT2D eigenvalue weighted by Crippen LogP contribution is -2.59. The van der Waals surface area contributed by atoms with Crippen LogP contribution in [0.1, 0.15) is 80.6 Å². The fraction of sp³-hybridized carbons (Fsp3) is 0.676. The third kappa shape index (κ3) is 6.99. The Bertz CT molecular complexity index is 1340. The van der Waals surface area contributed by atoms with E-state index in [0.29, 0.717) is 42.7 Å². The van der Waals surface area contributed by atoms with Crippen molar-refractivity contribution < 1.29 is 38.8 Å². The normalized spacial score (nSPS) is 43.4. The smallest absolute Gasteiger partial charge is 0.316 e. The monoisotopic (exact) mass is 639 g/mol. The number of allylic oxidation sites excluding steroid dienone is 5. The van der Waals surface area contributed by atoms with Gasteiger partial charge in [0.15, 0.2) is 5.79 Å². The maximum atomic E-state index is 14.2. The van der Waals surface area contributed by atoms with Crippen molar-refractivity contribution in [3.05, 3.63) is 58.7 Å². The van der Waals surface area contributed by atoms with E-state index in [0.717, 1.165) is 17.7 Å². The summed E-state index contributed by atoms with van der Waals surface area (Å²) in [5.74, 6) is -2.15. The number of hydrogen-bond donors (Lipinski definition) is 2. The van der Waals surface area contributed by atoms with E-state index >= 15 is 0 Å². The fourth-order valence-corrected chi connectivity index (χ4v) is 7.94. The summed E-state index contributed by atoms with van der Waals surface area (Å²) in [6.45, 7) is 14.6. The zero-order valence-corrected chi connectivity index (χ0v) is 28.7. The molecule has 10 atom stereocenters. The lowest BCUT2D eigenvalue weighted by molar-refractivity contribution is -0.313. The van der Waals surface area contributed by atoms with E-state index in [1.54, 1.807) is 20.1 Å². The molecule has 5 aliphatic rings. The highest BCUT2D eigenvalue weighted by Crippen LogP contribution is 2.47. The van der Waals surface area contributed by atoms with Crippen LogP contribution in [0.5, 0.6) is 0 Å². The highest BCUT2D eigenvalue weighted by Gasteiger charge is 2.60. The third-order valence-corrected chi connectivity index (χ3v) is 10.1. The summed E-state index contributed by atoms with van der Waals surface area (Å²) >= 11 is 0. The number of fused-ring (bicyclic) bond motifs is 2. The van der Waals surface area contributed by atoms with Crippen molar-refractivity contribution in [2.24, 2.45) is 28.8 Å². The second-order valence-electron chi connectivity index (χ2n) is 14.5. The Kier molecular flexibility index (Phi) is 10.5. The zero-order chi connectivity index (χ0) is 33.4. The minimum atomic E-state index is -1.74. The largest absolute Gasteiger partial charge is 0.462 e. The Hall–Kier alpha value is -2.56. The molecule has 2 N–H and O–H groups in total. The summed E-state index contributed by atoms with van der Waals surface area (Å²) < 4.78 is 26.0. The lowest BCUT2D eigenvalue weighted by Gasteiger charge is -2.50. The van der Waals surface area contributed by atoms with E-state index in [2.05, 4.69) is 64.9 Å². The Balaban J connectivity index is 1.55. The van der Waals surface area contributed by atoms with E-state index < -0.39 is 41.6 Å². The second kappa shape index (κ2) is 13.9. The number of hydrogen-bond acceptors (Lipinski definition) is 9. The molecule has 3 saturated heterocycles. The van der Waals surface area contributed by atoms with Crippen molar-refractivity contribution in [2.45, 2.75) is 122 Å². The SMILES string of the molecule is CO/N=C1\C[C@]2(C[C@@H]3C[C@@H](C/C=C(\C)C[C@@H](C)/C=C/C=C4CO[C@@H]5[C@H](O)C(C)=C[C@@H](C(=O)O3)[C@]45O)O2)O[C@H](/C(C)=C/C(C)C)[C@H]1C. The molecule has 5 rings (SSSR count). The van der Waals surface area contributed by atoms with Crippen LogP contribution in [-0.2, 0) is 28.6 Å². The summed E-state index contributed by atoms with van der Waals surface area (Å²) in [6.07, 6.45) is 11.4. The summed E-state index contributed by atoms with van der Waals surface area (Å²) in [6, 6.07) is 0. The maximum absolute atomic E-state index is 14.2. The highest BCUT2D eigenvalue weighted by molar-refractivity contribution is 5.88. The van der Waals surface area contributed by atoms with Crippen LogP contribution < -0.4 is 0 Å². The van der Waals surface area contributed by atoms with Gasteiger partial charge in [-0.1, -0.05) is 74.9 Å². The van der Waals surface area contributed by atoms with Crippen molar-refractivity contribution in [3.63, 3.8) is 0 Å². The summed E-state index contributed by atoms with van der Waals surface area (Å²) in [5, 5.41) is 27.6. The molecule has 2 bridgehead atoms. The molecule has 9 nitrogen and oxygen atoms in total. The molecular formula is C37H53NO8. The van der Waals surface area contributed by atoms with Gasteiger partial charge in [0.05, 0.1) is 24.5 Å². The summed E-state index contributed by atoms with van der Waals surface area (Å²) in [7, 11) is 1.55. The minimum absolute atomic E-state index is 0.0340. The molecule has 0 aromatic carbocycles. The van der Waals surface area contributed by atoms with Gasteiger partial charge in [0, 0.05) is 25.2 Å². The molecule has 4 aliphatic heterocycles. The van der Waals surface area contributed by atoms with E-state index in [1.807, 2.05) is 12.2 Å². The molecule has 0 aromatic heterocycles. The first kappa shape index (κ1) is 34.8. The molecule has 3 fully saturated rings. The number of ether oxygens (including phenoxy) is 4. The summed E-state index contributed by atoms with van der Waals surface area (Å²) in [4.78, 5) is 19.4. The molecule has 0 aromatic rings. The van der Waals surface area contributed by atoms with Crippen molar-refractivity contribution in [2.75, 3.05) is 13.7 Å². The first-order chi connectivity index (χ1) is 21.8. The van der Waals surface area contributed by atoms with Gasteiger partial charge in [-0.2, -0.15) is 0 Å². The summed E-state index contributed by atoms with van der Waals surface area (Å²) in [5.41, 5.74) is 2.54. The van der Waals surface area contributed by atoms with Crippen LogP contribution in [0.15, 0.2) is 63.9 Å². The Labute approximate surface area is 274 Å². The van der Waals surface area contributed by atoms with Crippen LogP contribution in [0, 0.1) is 23.7 Å². The predicted molar refractivity (Wildman–Crippen MR) is 176 cm³/mol. The number of aliphatic hydroxyl groups is 2. The fourth-order valence-electron chi connectivity index (χ4n) is 7.94. The molecule has 0 amide bonds. The molecule has 0 radical (unpaired) electrons. The molecule has 1 spiro atoms. The van der Waals surface area contributed by atoms with Crippen LogP contribution in [0.25, 0.3) is 0 Å². The molecule has 9 heteroatoms. The van der Waals surface area contributed by atoms with Crippen LogP contribution in [0.4, 0.5) is 0 Å². The minimum Gasteiger partial charge on any atom is -0.462 e. The maximum Gasteiger partial charge on any atom is 0.316 e. The van der Waals surface area contributed by atoms with Crippen molar-refractivity contribution in [3.8, 4) is 0 Å². The van der Waals surface area contributed by atoms with Crippen LogP contribution in [-0.4, -0.2) is 77.5 Å². The number of esters is 1. The van der Waals surface area contributed by atoms with Gasteiger partial charge in [0.25, 0.3) is 0 Å². The van der Waals surface area contributed by atoms with Crippen molar-refractivity contribution in [1.82, 2.24) is 0 Å². The van der Waals surface area contributed by atoms with Gasteiger partial charge in [-0.15, -0.1) is 0 Å². The molecule has 0 saturated carbocycles. The Morgan fingerprint density at radius 3 is 2.67 bits per heavy atom. The molecule has 4 heterocycles. The van der Waals surface area contributed by atoms with Crippen molar-refractivity contribution in [1.29, 1.82) is 0 Å². The molecular weight excluding hydrogens is 586 g/mol. The van der Waals surface area contributed by atoms with Gasteiger partial charge in [-0.3, -0.25) is 4.79 Å². The molecule has 1 aliphatic carbocycles. The molecule has 254 valence electrons. The van der Waals surface area contributed by atoms with Crippen molar-refractivity contribution >= 4 is 11.7 Å². The average molecular weight is 640 g/mol. The molecule has 46 heavy (non-hydrogen) atoms. The van der Waals surface area contributed by atoms with E-state index in [1.165, 1.54) is 5.57 Å². The van der Waals surface area contributed by atoms with Gasteiger partial charge in [-0.25, -0.2) is 0 Å². The number of aliphatic hydroxyl groups excluding tert-OH is 1. The van der Waals surface area contributed by atoms with Gasteiger partial charge in [0.1, 0.15) is 36.9 Å². The average Bonchev–Trinajstić information content (AvgIpc) is 3.31. The van der Waals surface area contributed by atoms with E-state index in [9.17, 15) is 15.0 Å². The highest BCUT2D eigenvalue weighted by atomic mass is 16.7. The van der Waals surface area contributed by atoms with Gasteiger partial charge in [-0.05, 0) is 62.2 Å². The molecule has 0 unspecified atom stereocenters. The number of oxime groups is 1. The third-order valence-electron chi connectivity index (χ3n) is 10.1. The number of carbonyl (C=O) groups excluding carboxylic acids is 1. The van der Waals surface area contributed by atoms with Gasteiger partial charge in [0.2, 0.25) is 0 Å². The zero-order valence-electron chi connectivity index (χ0n) is 28.7. The predicted octanol–water partition coefficient (Wildman–Crippen LogP) is 5.73. The van der Waals surface area contributed by atoms with E-state index in [4.69, 9.17) is 23.8 Å². The van der Waals surface area contributed by atoms with Crippen LogP contribution >= 0.6 is 0 Å². The van der Waals surface area contributed by atoms with Crippen LogP contribution in [0.3, 0.4) is 0 Å². The van der Waals surface area contributed by atoms with Gasteiger partial charge < -0.3 is 34.0 Å². The lowest BCUT2D eigenvalue weighted by atomic mass is 9.71. The Morgan fingerprint density at radius 2 is 1.96 bits per heavy atom. The van der Waals surface area contributed by atoms with Crippen LogP contribution in [0.2, 0.25) is 0 Å². The number of rotatable bonds is 3. The number of nitrogens with zero attached hydrogens (tertiary/aromatic N) is 1. The first-order valence-electron chi connectivity index (χ1n) is 16.8.